The molecule has 3 aromatic carbocycles. The molecule has 0 saturated carbocycles. The van der Waals surface area contributed by atoms with E-state index >= 15 is 0 Å². The van der Waals surface area contributed by atoms with Gasteiger partial charge in [-0.2, -0.15) is 0 Å². The van der Waals surface area contributed by atoms with Gasteiger partial charge >= 0.3 is 0 Å². The summed E-state index contributed by atoms with van der Waals surface area (Å²) in [6.45, 7) is -0.125. The molecule has 1 N–H and O–H groups in total. The van der Waals surface area contributed by atoms with E-state index in [1.165, 1.54) is 24.3 Å². The lowest BCUT2D eigenvalue weighted by atomic mass is 10.2. The van der Waals surface area contributed by atoms with E-state index in [-0.39, 0.29) is 6.54 Å². The van der Waals surface area contributed by atoms with Crippen molar-refractivity contribution in [3.63, 3.8) is 0 Å². The molecule has 0 aliphatic heterocycles. The van der Waals surface area contributed by atoms with Crippen LogP contribution in [0.3, 0.4) is 0 Å². The number of hydrogen-bond acceptors (Lipinski definition) is 3. The van der Waals surface area contributed by atoms with E-state index in [0.29, 0.717) is 23.1 Å². The van der Waals surface area contributed by atoms with Gasteiger partial charge in [0.05, 0.1) is 0 Å². The van der Waals surface area contributed by atoms with Gasteiger partial charge in [-0.3, -0.25) is 0 Å². The van der Waals surface area contributed by atoms with Crippen LogP contribution in [0.2, 0.25) is 0 Å². The van der Waals surface area contributed by atoms with Crippen LogP contribution in [0.25, 0.3) is 0 Å². The first-order chi connectivity index (χ1) is 12.8. The van der Waals surface area contributed by atoms with Gasteiger partial charge in [-0.15, -0.1) is 0 Å². The Morgan fingerprint density at radius 2 is 1.52 bits per heavy atom. The summed E-state index contributed by atoms with van der Waals surface area (Å²) in [5.41, 5.74) is 0.556. The molecule has 0 aliphatic rings. The highest BCUT2D eigenvalue weighted by atomic mass is 32.2. The molecule has 0 radical (unpaired) electrons. The molecule has 0 bridgehead atoms. The van der Waals surface area contributed by atoms with E-state index < -0.39 is 32.4 Å². The van der Waals surface area contributed by atoms with Gasteiger partial charge in [-0.1, -0.05) is 12.1 Å². The number of ether oxygens (including phenoxy) is 1. The van der Waals surface area contributed by atoms with Gasteiger partial charge in [-0.05, 0) is 54.1 Å². The van der Waals surface area contributed by atoms with Gasteiger partial charge in [0.15, 0.2) is 0 Å². The maximum atomic E-state index is 13.7. The van der Waals surface area contributed by atoms with Crippen LogP contribution in [-0.4, -0.2) is 8.42 Å². The first-order valence-electron chi connectivity index (χ1n) is 7.80. The Hall–Kier alpha value is -2.84. The summed E-state index contributed by atoms with van der Waals surface area (Å²) in [6, 6.07) is 14.2. The van der Waals surface area contributed by atoms with Gasteiger partial charge in [-0.25, -0.2) is 26.3 Å². The summed E-state index contributed by atoms with van der Waals surface area (Å²) in [4.78, 5) is -0.636. The van der Waals surface area contributed by atoms with Gasteiger partial charge in [0.2, 0.25) is 10.0 Å². The monoisotopic (exact) mass is 393 g/mol. The maximum Gasteiger partial charge on any atom is 0.243 e. The van der Waals surface area contributed by atoms with Crippen LogP contribution in [0, 0.1) is 17.5 Å². The van der Waals surface area contributed by atoms with Crippen LogP contribution in [0.4, 0.5) is 13.2 Å². The molecule has 0 amide bonds. The van der Waals surface area contributed by atoms with Crippen LogP contribution in [-0.2, 0) is 16.6 Å². The lowest BCUT2D eigenvalue weighted by Gasteiger charge is -2.10. The van der Waals surface area contributed by atoms with Crippen molar-refractivity contribution in [2.75, 3.05) is 0 Å². The minimum absolute atomic E-state index is 0.125. The molecule has 0 aliphatic carbocycles. The number of hydrogen-bond donors (Lipinski definition) is 1. The molecule has 0 aromatic heterocycles. The lowest BCUT2D eigenvalue weighted by Crippen LogP contribution is -2.24. The van der Waals surface area contributed by atoms with Crippen molar-refractivity contribution in [1.29, 1.82) is 0 Å². The second-order valence-corrected chi connectivity index (χ2v) is 7.34. The molecule has 8 heteroatoms. The summed E-state index contributed by atoms with van der Waals surface area (Å²) in [5, 5.41) is 0. The molecule has 0 saturated heterocycles. The van der Waals surface area contributed by atoms with Crippen molar-refractivity contribution in [2.24, 2.45) is 0 Å². The predicted octanol–water partition coefficient (Wildman–Crippen LogP) is 4.37. The number of benzene rings is 3. The van der Waals surface area contributed by atoms with E-state index in [1.807, 2.05) is 0 Å². The summed E-state index contributed by atoms with van der Waals surface area (Å²) in [6.07, 6.45) is 0. The summed E-state index contributed by atoms with van der Waals surface area (Å²) in [5.74, 6) is -1.58. The zero-order chi connectivity index (χ0) is 19.4. The van der Waals surface area contributed by atoms with Crippen LogP contribution < -0.4 is 9.46 Å². The highest BCUT2D eigenvalue weighted by molar-refractivity contribution is 7.89. The van der Waals surface area contributed by atoms with E-state index in [0.717, 1.165) is 12.1 Å². The van der Waals surface area contributed by atoms with E-state index in [2.05, 4.69) is 4.72 Å². The van der Waals surface area contributed by atoms with Crippen LogP contribution >= 0.6 is 0 Å². The number of sulfonamides is 1. The van der Waals surface area contributed by atoms with Gasteiger partial charge in [0, 0.05) is 12.6 Å². The van der Waals surface area contributed by atoms with E-state index in [4.69, 9.17) is 4.74 Å². The van der Waals surface area contributed by atoms with Crippen molar-refractivity contribution < 1.29 is 26.3 Å². The van der Waals surface area contributed by atoms with Crippen LogP contribution in [0.1, 0.15) is 5.56 Å². The van der Waals surface area contributed by atoms with E-state index in [1.54, 1.807) is 24.3 Å². The third-order valence-electron chi connectivity index (χ3n) is 3.60. The van der Waals surface area contributed by atoms with Crippen molar-refractivity contribution in [3.8, 4) is 11.5 Å². The van der Waals surface area contributed by atoms with Crippen molar-refractivity contribution in [2.45, 2.75) is 11.4 Å². The number of halogens is 3. The second-order valence-electron chi connectivity index (χ2n) is 5.60. The van der Waals surface area contributed by atoms with Crippen molar-refractivity contribution in [1.82, 2.24) is 4.72 Å². The third kappa shape index (κ3) is 4.87. The SMILES string of the molecule is O=S(=O)(NCc1cccc(Oc2ccc(F)cc2)c1)c1ccc(F)cc1F. The highest BCUT2D eigenvalue weighted by Crippen LogP contribution is 2.23. The first kappa shape index (κ1) is 18.9. The molecule has 3 rings (SSSR count). The van der Waals surface area contributed by atoms with Gasteiger partial charge < -0.3 is 4.74 Å². The molecule has 0 heterocycles. The Labute approximate surface area is 154 Å². The molecule has 0 spiro atoms. The summed E-state index contributed by atoms with van der Waals surface area (Å²) >= 11 is 0. The Balaban J connectivity index is 1.71. The van der Waals surface area contributed by atoms with E-state index in [9.17, 15) is 21.6 Å². The topological polar surface area (TPSA) is 55.4 Å². The Kier molecular flexibility index (Phi) is 5.48. The summed E-state index contributed by atoms with van der Waals surface area (Å²) < 4.78 is 71.8. The Morgan fingerprint density at radius 3 is 2.22 bits per heavy atom. The third-order valence-corrected chi connectivity index (χ3v) is 5.03. The molecule has 3 aromatic rings. The standard InChI is InChI=1S/C19H14F3NO3S/c20-14-4-7-16(8-5-14)26-17-3-1-2-13(10-17)12-23-27(24,25)19-9-6-15(21)11-18(19)22/h1-11,23H,12H2. The van der Waals surface area contributed by atoms with Gasteiger partial charge in [0.1, 0.15) is 33.8 Å². The molecule has 0 atom stereocenters. The molecule has 140 valence electrons. The second kappa shape index (κ2) is 7.81. The predicted molar refractivity (Wildman–Crippen MR) is 93.3 cm³/mol. The molecule has 4 nitrogen and oxygen atoms in total. The minimum Gasteiger partial charge on any atom is -0.457 e. The first-order valence-corrected chi connectivity index (χ1v) is 9.29. The normalized spacial score (nSPS) is 11.4. The fraction of sp³-hybridized carbons (Fsp3) is 0.0526. The Morgan fingerprint density at radius 1 is 0.815 bits per heavy atom. The largest absolute Gasteiger partial charge is 0.457 e. The molecule has 0 unspecified atom stereocenters. The van der Waals surface area contributed by atoms with Crippen LogP contribution in [0.15, 0.2) is 71.6 Å². The number of nitrogens with one attached hydrogen (secondary N) is 1. The minimum atomic E-state index is -4.16. The van der Waals surface area contributed by atoms with Crippen molar-refractivity contribution in [3.05, 3.63) is 89.7 Å². The lowest BCUT2D eigenvalue weighted by molar-refractivity contribution is 0.479. The fourth-order valence-electron chi connectivity index (χ4n) is 2.31. The quantitative estimate of drug-likeness (QED) is 0.676. The smallest absolute Gasteiger partial charge is 0.243 e. The Bertz CT molecular complexity index is 1050. The molecular formula is C19H14F3NO3S. The average molecular weight is 393 g/mol. The number of rotatable bonds is 6. The van der Waals surface area contributed by atoms with Crippen LogP contribution in [0.5, 0.6) is 11.5 Å². The molecule has 0 fully saturated rings. The maximum absolute atomic E-state index is 13.7. The highest BCUT2D eigenvalue weighted by Gasteiger charge is 2.19. The average Bonchev–Trinajstić information content (AvgIpc) is 2.62. The zero-order valence-electron chi connectivity index (χ0n) is 13.8. The van der Waals surface area contributed by atoms with Gasteiger partial charge in [0.25, 0.3) is 0 Å². The summed E-state index contributed by atoms with van der Waals surface area (Å²) in [7, 11) is -4.16. The molecular weight excluding hydrogens is 379 g/mol. The van der Waals surface area contributed by atoms with Crippen molar-refractivity contribution >= 4 is 10.0 Å². The zero-order valence-corrected chi connectivity index (χ0v) is 14.6. The fourth-order valence-corrected chi connectivity index (χ4v) is 3.38. The molecule has 27 heavy (non-hydrogen) atoms.